The second kappa shape index (κ2) is 6.50. The van der Waals surface area contributed by atoms with E-state index in [0.717, 1.165) is 22.9 Å². The van der Waals surface area contributed by atoms with Crippen LogP contribution in [-0.2, 0) is 11.2 Å². The van der Waals surface area contributed by atoms with E-state index in [4.69, 9.17) is 16.7 Å². The number of halogens is 1. The second-order valence-electron chi connectivity index (χ2n) is 5.62. The highest BCUT2D eigenvalue weighted by Crippen LogP contribution is 2.23. The normalized spacial score (nSPS) is 14.1. The molecule has 1 amide bonds. The fourth-order valence-corrected chi connectivity index (χ4v) is 2.61. The van der Waals surface area contributed by atoms with E-state index < -0.39 is 0 Å². The third-order valence-electron chi connectivity index (χ3n) is 3.97. The molecule has 0 aliphatic heterocycles. The Morgan fingerprint density at radius 1 is 1.48 bits per heavy atom. The summed E-state index contributed by atoms with van der Waals surface area (Å²) in [4.78, 5) is 15.4. The Labute approximate surface area is 129 Å². The maximum absolute atomic E-state index is 12.2. The van der Waals surface area contributed by atoms with Crippen LogP contribution in [0.2, 0.25) is 5.02 Å². The first-order valence-corrected chi connectivity index (χ1v) is 7.52. The first-order valence-electron chi connectivity index (χ1n) is 7.15. The summed E-state index contributed by atoms with van der Waals surface area (Å²) < 4.78 is 0. The Bertz CT molecular complexity index is 638. The zero-order valence-electron chi connectivity index (χ0n) is 12.4. The Morgan fingerprint density at radius 2 is 2.24 bits per heavy atom. The molecule has 0 bridgehead atoms. The van der Waals surface area contributed by atoms with Crippen molar-refractivity contribution in [2.75, 3.05) is 6.61 Å². The molecule has 114 valence electrons. The van der Waals surface area contributed by atoms with Gasteiger partial charge < -0.3 is 15.4 Å². The number of H-pyrrole nitrogens is 1. The molecule has 1 aromatic heterocycles. The number of aliphatic hydroxyl groups excluding tert-OH is 1. The van der Waals surface area contributed by atoms with Crippen molar-refractivity contribution in [2.24, 2.45) is 0 Å². The average molecular weight is 309 g/mol. The molecule has 21 heavy (non-hydrogen) atoms. The van der Waals surface area contributed by atoms with Gasteiger partial charge in [0.05, 0.1) is 6.42 Å². The number of aliphatic hydroxyl groups is 1. The Hall–Kier alpha value is -1.52. The van der Waals surface area contributed by atoms with E-state index in [2.05, 4.69) is 10.3 Å². The monoisotopic (exact) mass is 308 g/mol. The van der Waals surface area contributed by atoms with Gasteiger partial charge in [0.15, 0.2) is 0 Å². The predicted octanol–water partition coefficient (Wildman–Crippen LogP) is 3.03. The van der Waals surface area contributed by atoms with Crippen LogP contribution in [0.3, 0.4) is 0 Å². The molecular weight excluding hydrogens is 288 g/mol. The van der Waals surface area contributed by atoms with E-state index in [-0.39, 0.29) is 18.1 Å². The summed E-state index contributed by atoms with van der Waals surface area (Å²) in [5.74, 6) is -0.0383. The number of amides is 1. The van der Waals surface area contributed by atoms with Crippen molar-refractivity contribution in [3.63, 3.8) is 0 Å². The van der Waals surface area contributed by atoms with Crippen LogP contribution >= 0.6 is 11.6 Å². The van der Waals surface area contributed by atoms with E-state index in [1.165, 1.54) is 0 Å². The smallest absolute Gasteiger partial charge is 0.224 e. The molecule has 1 aromatic carbocycles. The lowest BCUT2D eigenvalue weighted by Crippen LogP contribution is -2.46. The molecule has 4 nitrogen and oxygen atoms in total. The van der Waals surface area contributed by atoms with Gasteiger partial charge in [0.1, 0.15) is 0 Å². The molecule has 5 heteroatoms. The highest BCUT2D eigenvalue weighted by Gasteiger charge is 2.23. The molecule has 0 spiro atoms. The molecule has 1 heterocycles. The van der Waals surface area contributed by atoms with Gasteiger partial charge in [0.25, 0.3) is 0 Å². The highest BCUT2D eigenvalue weighted by molar-refractivity contribution is 6.31. The van der Waals surface area contributed by atoms with Gasteiger partial charge in [0.2, 0.25) is 5.91 Å². The summed E-state index contributed by atoms with van der Waals surface area (Å²) in [5.41, 5.74) is 1.52. The van der Waals surface area contributed by atoms with Gasteiger partial charge in [0, 0.05) is 34.3 Å². The third-order valence-corrected chi connectivity index (χ3v) is 4.20. The standard InChI is InChI=1S/C16H21ClN2O2/c1-3-16(2,6-7-20)19-15(21)8-11-10-18-14-9-12(17)4-5-13(11)14/h4-5,9-10,18,20H,3,6-8H2,1-2H3,(H,19,21). The number of fused-ring (bicyclic) bond motifs is 1. The van der Waals surface area contributed by atoms with Crippen LogP contribution in [0, 0.1) is 0 Å². The lowest BCUT2D eigenvalue weighted by Gasteiger charge is -2.29. The fourth-order valence-electron chi connectivity index (χ4n) is 2.43. The number of carbonyl (C=O) groups is 1. The number of hydrogen-bond donors (Lipinski definition) is 3. The third kappa shape index (κ3) is 3.77. The topological polar surface area (TPSA) is 65.1 Å². The number of benzene rings is 1. The van der Waals surface area contributed by atoms with Crippen molar-refractivity contribution in [1.29, 1.82) is 0 Å². The predicted molar refractivity (Wildman–Crippen MR) is 85.6 cm³/mol. The molecule has 2 aromatic rings. The van der Waals surface area contributed by atoms with Crippen molar-refractivity contribution >= 4 is 28.4 Å². The van der Waals surface area contributed by atoms with Crippen molar-refractivity contribution < 1.29 is 9.90 Å². The summed E-state index contributed by atoms with van der Waals surface area (Å²) in [6, 6.07) is 5.59. The second-order valence-corrected chi connectivity index (χ2v) is 6.05. The number of aromatic nitrogens is 1. The van der Waals surface area contributed by atoms with Crippen molar-refractivity contribution in [1.82, 2.24) is 10.3 Å². The zero-order chi connectivity index (χ0) is 15.5. The van der Waals surface area contributed by atoms with E-state index >= 15 is 0 Å². The minimum atomic E-state index is -0.360. The Kier molecular flexibility index (Phi) is 4.91. The van der Waals surface area contributed by atoms with E-state index in [1.54, 1.807) is 0 Å². The van der Waals surface area contributed by atoms with Crippen LogP contribution in [-0.4, -0.2) is 28.1 Å². The molecule has 0 saturated carbocycles. The number of carbonyl (C=O) groups excluding carboxylic acids is 1. The average Bonchev–Trinajstić information content (AvgIpc) is 2.81. The van der Waals surface area contributed by atoms with Crippen molar-refractivity contribution in [3.8, 4) is 0 Å². The Balaban J connectivity index is 2.11. The van der Waals surface area contributed by atoms with E-state index in [9.17, 15) is 4.79 Å². The largest absolute Gasteiger partial charge is 0.396 e. The number of nitrogens with one attached hydrogen (secondary N) is 2. The summed E-state index contributed by atoms with van der Waals surface area (Å²) in [6.07, 6.45) is 3.49. The lowest BCUT2D eigenvalue weighted by atomic mass is 9.94. The molecule has 3 N–H and O–H groups in total. The minimum Gasteiger partial charge on any atom is -0.396 e. The summed E-state index contributed by atoms with van der Waals surface area (Å²) in [7, 11) is 0. The molecule has 1 atom stereocenters. The van der Waals surface area contributed by atoms with Crippen LogP contribution in [0.25, 0.3) is 10.9 Å². The van der Waals surface area contributed by atoms with Crippen molar-refractivity contribution in [3.05, 3.63) is 35.0 Å². The molecule has 0 saturated heterocycles. The fraction of sp³-hybridized carbons (Fsp3) is 0.438. The molecule has 0 radical (unpaired) electrons. The molecule has 0 aliphatic rings. The van der Waals surface area contributed by atoms with Gasteiger partial charge in [-0.15, -0.1) is 0 Å². The van der Waals surface area contributed by atoms with Gasteiger partial charge >= 0.3 is 0 Å². The molecule has 0 fully saturated rings. The molecular formula is C16H21ClN2O2. The SMILES string of the molecule is CCC(C)(CCO)NC(=O)Cc1c[nH]c2cc(Cl)ccc12. The van der Waals surface area contributed by atoms with Gasteiger partial charge in [-0.2, -0.15) is 0 Å². The minimum absolute atomic E-state index is 0.0383. The highest BCUT2D eigenvalue weighted by atomic mass is 35.5. The quantitative estimate of drug-likeness (QED) is 0.768. The van der Waals surface area contributed by atoms with Crippen LogP contribution in [0.5, 0.6) is 0 Å². The molecule has 2 rings (SSSR count). The zero-order valence-corrected chi connectivity index (χ0v) is 13.1. The number of hydrogen-bond acceptors (Lipinski definition) is 2. The maximum atomic E-state index is 12.2. The van der Waals surface area contributed by atoms with Crippen molar-refractivity contribution in [2.45, 2.75) is 38.6 Å². The maximum Gasteiger partial charge on any atom is 0.224 e. The van der Waals surface area contributed by atoms with Gasteiger partial charge in [-0.3, -0.25) is 4.79 Å². The summed E-state index contributed by atoms with van der Waals surface area (Å²) in [5, 5.41) is 13.8. The van der Waals surface area contributed by atoms with Crippen LogP contribution in [0.4, 0.5) is 0 Å². The summed E-state index contributed by atoms with van der Waals surface area (Å²) in [6.45, 7) is 4.02. The van der Waals surface area contributed by atoms with Gasteiger partial charge in [-0.05, 0) is 37.5 Å². The first-order chi connectivity index (χ1) is 9.97. The van der Waals surface area contributed by atoms with E-state index in [1.807, 2.05) is 38.2 Å². The number of rotatable bonds is 6. The van der Waals surface area contributed by atoms with E-state index in [0.29, 0.717) is 17.9 Å². The first kappa shape index (κ1) is 15.9. The van der Waals surface area contributed by atoms with Crippen LogP contribution in [0.1, 0.15) is 32.3 Å². The Morgan fingerprint density at radius 3 is 2.90 bits per heavy atom. The van der Waals surface area contributed by atoms with Crippen LogP contribution < -0.4 is 5.32 Å². The van der Waals surface area contributed by atoms with Gasteiger partial charge in [-0.1, -0.05) is 24.6 Å². The number of aromatic amines is 1. The summed E-state index contributed by atoms with van der Waals surface area (Å²) >= 11 is 5.95. The van der Waals surface area contributed by atoms with Gasteiger partial charge in [-0.25, -0.2) is 0 Å². The molecule has 0 aliphatic carbocycles. The van der Waals surface area contributed by atoms with Crippen LogP contribution in [0.15, 0.2) is 24.4 Å². The lowest BCUT2D eigenvalue weighted by molar-refractivity contribution is -0.122. The molecule has 1 unspecified atom stereocenters.